The summed E-state index contributed by atoms with van der Waals surface area (Å²) in [6, 6.07) is 1.79. The lowest BCUT2D eigenvalue weighted by atomic mass is 9.93. The van der Waals surface area contributed by atoms with Crippen LogP contribution >= 0.6 is 0 Å². The lowest BCUT2D eigenvalue weighted by Gasteiger charge is -2.12. The summed E-state index contributed by atoms with van der Waals surface area (Å²) in [5.74, 6) is -5.27. The number of rotatable bonds is 6. The first-order chi connectivity index (χ1) is 8.84. The second kappa shape index (κ2) is 6.70. The normalized spacial score (nSPS) is 14.2. The van der Waals surface area contributed by atoms with Crippen molar-refractivity contribution in [1.29, 1.82) is 0 Å². The summed E-state index contributed by atoms with van der Waals surface area (Å²) >= 11 is 0. The molecule has 0 bridgehead atoms. The summed E-state index contributed by atoms with van der Waals surface area (Å²) in [5, 5.41) is 0. The molecule has 1 aromatic rings. The van der Waals surface area contributed by atoms with E-state index >= 15 is 0 Å². The van der Waals surface area contributed by atoms with Gasteiger partial charge in [0, 0.05) is 12.0 Å². The molecule has 5 heteroatoms. The number of ketones is 1. The fourth-order valence-electron chi connectivity index (χ4n) is 1.86. The van der Waals surface area contributed by atoms with Crippen LogP contribution in [0.4, 0.5) is 13.2 Å². The van der Waals surface area contributed by atoms with Crippen LogP contribution < -0.4 is 5.73 Å². The molecule has 2 atom stereocenters. The number of hydrogen-bond acceptors (Lipinski definition) is 2. The molecule has 0 aliphatic heterocycles. The quantitative estimate of drug-likeness (QED) is 0.637. The zero-order valence-electron chi connectivity index (χ0n) is 11.1. The lowest BCUT2D eigenvalue weighted by Crippen LogP contribution is -2.17. The molecule has 0 aromatic heterocycles. The van der Waals surface area contributed by atoms with Gasteiger partial charge in [-0.2, -0.15) is 0 Å². The summed E-state index contributed by atoms with van der Waals surface area (Å²) in [7, 11) is 0. The third kappa shape index (κ3) is 4.06. The van der Waals surface area contributed by atoms with Crippen molar-refractivity contribution in [3.8, 4) is 0 Å². The number of hydrogen-bond donors (Lipinski definition) is 1. The van der Waals surface area contributed by atoms with Crippen molar-refractivity contribution in [2.75, 3.05) is 0 Å². The average molecular weight is 273 g/mol. The predicted molar refractivity (Wildman–Crippen MR) is 67.3 cm³/mol. The zero-order chi connectivity index (χ0) is 14.6. The fourth-order valence-corrected chi connectivity index (χ4v) is 1.86. The van der Waals surface area contributed by atoms with Crippen LogP contribution in [-0.4, -0.2) is 11.8 Å². The highest BCUT2D eigenvalue weighted by Crippen LogP contribution is 2.21. The van der Waals surface area contributed by atoms with Crippen LogP contribution in [0.3, 0.4) is 0 Å². The van der Waals surface area contributed by atoms with Crippen LogP contribution in [0.25, 0.3) is 0 Å². The number of Topliss-reactive ketones (excluding diaryl/α,β-unsaturated/α-hetero) is 1. The molecule has 0 saturated carbocycles. The van der Waals surface area contributed by atoms with E-state index in [1.165, 1.54) is 0 Å². The van der Waals surface area contributed by atoms with Crippen LogP contribution in [0.1, 0.15) is 43.5 Å². The molecule has 0 saturated heterocycles. The van der Waals surface area contributed by atoms with Crippen molar-refractivity contribution in [1.82, 2.24) is 0 Å². The second-order valence-corrected chi connectivity index (χ2v) is 4.90. The standard InChI is InChI=1S/C14H18F3NO/c1-8(4-3-5-9(2)18)14(19)10-6-7-11(15)13(17)12(10)16/h6-9H,3-5,18H2,1-2H3. The number of benzene rings is 1. The van der Waals surface area contributed by atoms with E-state index < -0.39 is 34.7 Å². The number of nitrogens with two attached hydrogens (primary N) is 1. The van der Waals surface area contributed by atoms with E-state index in [0.717, 1.165) is 25.0 Å². The molecule has 19 heavy (non-hydrogen) atoms. The Morgan fingerprint density at radius 2 is 1.79 bits per heavy atom. The zero-order valence-corrected chi connectivity index (χ0v) is 11.1. The van der Waals surface area contributed by atoms with E-state index in [2.05, 4.69) is 0 Å². The molecule has 0 radical (unpaired) electrons. The minimum atomic E-state index is -1.60. The van der Waals surface area contributed by atoms with Crippen LogP contribution in [0, 0.1) is 23.4 Å². The molecule has 106 valence electrons. The largest absolute Gasteiger partial charge is 0.328 e. The van der Waals surface area contributed by atoms with E-state index in [9.17, 15) is 18.0 Å². The minimum absolute atomic E-state index is 0.0438. The van der Waals surface area contributed by atoms with E-state index in [4.69, 9.17) is 5.73 Å². The SMILES string of the molecule is CC(N)CCCC(C)C(=O)c1ccc(F)c(F)c1F. The topological polar surface area (TPSA) is 43.1 Å². The van der Waals surface area contributed by atoms with Gasteiger partial charge < -0.3 is 5.73 Å². The van der Waals surface area contributed by atoms with Crippen LogP contribution in [0.5, 0.6) is 0 Å². The Balaban J connectivity index is 2.75. The summed E-state index contributed by atoms with van der Waals surface area (Å²) < 4.78 is 39.3. The predicted octanol–water partition coefficient (Wildman–Crippen LogP) is 3.44. The van der Waals surface area contributed by atoms with Gasteiger partial charge in [0.1, 0.15) is 0 Å². The van der Waals surface area contributed by atoms with Crippen molar-refractivity contribution in [2.24, 2.45) is 11.7 Å². The maximum atomic E-state index is 13.5. The molecule has 1 rings (SSSR count). The Labute approximate surface area is 110 Å². The summed E-state index contributed by atoms with van der Waals surface area (Å²) in [6.45, 7) is 3.51. The van der Waals surface area contributed by atoms with Gasteiger partial charge in [0.25, 0.3) is 0 Å². The van der Waals surface area contributed by atoms with Crippen molar-refractivity contribution in [3.63, 3.8) is 0 Å². The van der Waals surface area contributed by atoms with Crippen molar-refractivity contribution in [2.45, 2.75) is 39.2 Å². The maximum absolute atomic E-state index is 13.5. The van der Waals surface area contributed by atoms with Crippen LogP contribution in [0.15, 0.2) is 12.1 Å². The molecule has 0 aliphatic carbocycles. The van der Waals surface area contributed by atoms with Crippen molar-refractivity contribution < 1.29 is 18.0 Å². The molecule has 2 N–H and O–H groups in total. The summed E-state index contributed by atoms with van der Waals surface area (Å²) in [5.41, 5.74) is 5.19. The number of carbonyl (C=O) groups is 1. The van der Waals surface area contributed by atoms with Gasteiger partial charge in [-0.1, -0.05) is 13.3 Å². The first-order valence-corrected chi connectivity index (χ1v) is 6.27. The third-order valence-electron chi connectivity index (χ3n) is 3.04. The van der Waals surface area contributed by atoms with Gasteiger partial charge in [0.05, 0.1) is 5.56 Å². The fraction of sp³-hybridized carbons (Fsp3) is 0.500. The summed E-state index contributed by atoms with van der Waals surface area (Å²) in [4.78, 5) is 11.9. The van der Waals surface area contributed by atoms with Crippen LogP contribution in [-0.2, 0) is 0 Å². The highest BCUT2D eigenvalue weighted by atomic mass is 19.2. The second-order valence-electron chi connectivity index (χ2n) is 4.90. The van der Waals surface area contributed by atoms with Gasteiger partial charge in [-0.15, -0.1) is 0 Å². The van der Waals surface area contributed by atoms with Gasteiger partial charge in [0.2, 0.25) is 0 Å². The molecular formula is C14H18F3NO. The van der Waals surface area contributed by atoms with Gasteiger partial charge in [0.15, 0.2) is 23.2 Å². The molecule has 2 nitrogen and oxygen atoms in total. The Kier molecular flexibility index (Phi) is 5.54. The smallest absolute Gasteiger partial charge is 0.195 e. The Bertz CT molecular complexity index is 460. The highest BCUT2D eigenvalue weighted by Gasteiger charge is 2.22. The molecule has 0 amide bonds. The van der Waals surface area contributed by atoms with Gasteiger partial charge in [-0.05, 0) is 31.9 Å². The Morgan fingerprint density at radius 1 is 1.16 bits per heavy atom. The molecule has 2 unspecified atom stereocenters. The van der Waals surface area contributed by atoms with Gasteiger partial charge in [-0.3, -0.25) is 4.79 Å². The number of halogens is 3. The molecule has 1 aromatic carbocycles. The monoisotopic (exact) mass is 273 g/mol. The summed E-state index contributed by atoms with van der Waals surface area (Å²) in [6.07, 6.45) is 2.03. The van der Waals surface area contributed by atoms with Gasteiger partial charge in [-0.25, -0.2) is 13.2 Å². The molecule has 0 aliphatic rings. The highest BCUT2D eigenvalue weighted by molar-refractivity contribution is 5.97. The minimum Gasteiger partial charge on any atom is -0.328 e. The van der Waals surface area contributed by atoms with Crippen LogP contribution in [0.2, 0.25) is 0 Å². The number of carbonyl (C=O) groups excluding carboxylic acids is 1. The van der Waals surface area contributed by atoms with Gasteiger partial charge >= 0.3 is 0 Å². The van der Waals surface area contributed by atoms with E-state index in [0.29, 0.717) is 6.42 Å². The van der Waals surface area contributed by atoms with Crippen molar-refractivity contribution in [3.05, 3.63) is 35.1 Å². The molecular weight excluding hydrogens is 255 g/mol. The van der Waals surface area contributed by atoms with E-state index in [-0.39, 0.29) is 6.04 Å². The lowest BCUT2D eigenvalue weighted by molar-refractivity contribution is 0.0916. The Morgan fingerprint density at radius 3 is 2.37 bits per heavy atom. The molecule has 0 spiro atoms. The van der Waals surface area contributed by atoms with E-state index in [1.807, 2.05) is 6.92 Å². The maximum Gasteiger partial charge on any atom is 0.195 e. The molecule has 0 heterocycles. The van der Waals surface area contributed by atoms with E-state index in [1.54, 1.807) is 6.92 Å². The molecule has 0 fully saturated rings. The first-order valence-electron chi connectivity index (χ1n) is 6.27. The Hall–Kier alpha value is -1.36. The third-order valence-corrected chi connectivity index (χ3v) is 3.04. The van der Waals surface area contributed by atoms with Crippen molar-refractivity contribution >= 4 is 5.78 Å². The first kappa shape index (κ1) is 15.7. The average Bonchev–Trinajstić information content (AvgIpc) is 2.35.